The van der Waals surface area contributed by atoms with Crippen LogP contribution in [0.3, 0.4) is 0 Å². The third kappa shape index (κ3) is 3.56. The van der Waals surface area contributed by atoms with Gasteiger partial charge in [0.1, 0.15) is 11.6 Å². The maximum absolute atomic E-state index is 8.00. The Morgan fingerprint density at radius 2 is 1.96 bits per heavy atom. The Bertz CT molecular complexity index is 940. The molecule has 0 bridgehead atoms. The summed E-state index contributed by atoms with van der Waals surface area (Å²) < 4.78 is 0. The smallest absolute Gasteiger partial charge is 0.224 e. The van der Waals surface area contributed by atoms with Gasteiger partial charge in [-0.05, 0) is 31.9 Å². The molecule has 1 aromatic carbocycles. The van der Waals surface area contributed by atoms with Crippen LogP contribution in [-0.4, -0.2) is 22.8 Å². The number of fused-ring (bicyclic) bond motifs is 1. The van der Waals surface area contributed by atoms with Crippen molar-refractivity contribution in [3.63, 3.8) is 0 Å². The molecule has 25 heavy (non-hydrogen) atoms. The van der Waals surface area contributed by atoms with Crippen LogP contribution >= 0.6 is 34.5 Å². The minimum atomic E-state index is 0.479. The summed E-state index contributed by atoms with van der Waals surface area (Å²) in [7, 11) is 0. The van der Waals surface area contributed by atoms with Gasteiger partial charge in [0.2, 0.25) is 5.95 Å². The fourth-order valence-corrected chi connectivity index (χ4v) is 3.70. The quantitative estimate of drug-likeness (QED) is 0.656. The molecule has 2 heterocycles. The van der Waals surface area contributed by atoms with Crippen molar-refractivity contribution in [3.05, 3.63) is 33.1 Å². The first-order chi connectivity index (χ1) is 12.0. The van der Waals surface area contributed by atoms with Gasteiger partial charge in [-0.3, -0.25) is 0 Å². The van der Waals surface area contributed by atoms with Crippen molar-refractivity contribution in [1.82, 2.24) is 9.97 Å². The summed E-state index contributed by atoms with van der Waals surface area (Å²) in [5.74, 6) is 0.641. The molecule has 130 valence electrons. The van der Waals surface area contributed by atoms with Crippen LogP contribution in [-0.2, 0) is 4.79 Å². The van der Waals surface area contributed by atoms with Crippen molar-refractivity contribution in [2.24, 2.45) is 0 Å². The standard InChI is InChI=1S/C16H14Cl2N4S.CH2O/c1-7-13(19)12-14(8-2-5-10(17)11(18)6-8)21-16(20-9-3-4-9)22-15(12)23-7;1-2/h2,5-6,9H,3-4,19H2,1H3,(H,20,21,22);1H2. The van der Waals surface area contributed by atoms with Gasteiger partial charge in [0.05, 0.1) is 26.8 Å². The van der Waals surface area contributed by atoms with Crippen molar-refractivity contribution in [2.75, 3.05) is 11.1 Å². The number of aromatic nitrogens is 2. The first kappa shape index (κ1) is 17.9. The first-order valence-electron chi connectivity index (χ1n) is 7.60. The van der Waals surface area contributed by atoms with E-state index in [9.17, 15) is 0 Å². The number of hydrogen-bond acceptors (Lipinski definition) is 6. The number of aryl methyl sites for hydroxylation is 1. The lowest BCUT2D eigenvalue weighted by Crippen LogP contribution is -2.06. The summed E-state index contributed by atoms with van der Waals surface area (Å²) in [6, 6.07) is 5.98. The van der Waals surface area contributed by atoms with Crippen LogP contribution in [0.1, 0.15) is 17.7 Å². The Morgan fingerprint density at radius 1 is 1.24 bits per heavy atom. The van der Waals surface area contributed by atoms with Crippen LogP contribution < -0.4 is 11.1 Å². The molecule has 0 saturated heterocycles. The van der Waals surface area contributed by atoms with Crippen molar-refractivity contribution in [3.8, 4) is 11.3 Å². The molecule has 0 atom stereocenters. The number of nitrogen functional groups attached to an aromatic ring is 1. The SMILES string of the molecule is C=O.Cc1sc2nc(NC3CC3)nc(-c3ccc(Cl)c(Cl)c3)c2c1N. The fraction of sp³-hybridized carbons (Fsp3) is 0.235. The van der Waals surface area contributed by atoms with E-state index in [0.29, 0.717) is 22.0 Å². The number of anilines is 2. The van der Waals surface area contributed by atoms with E-state index in [4.69, 9.17) is 38.7 Å². The summed E-state index contributed by atoms with van der Waals surface area (Å²) in [6.45, 7) is 3.99. The van der Waals surface area contributed by atoms with E-state index in [1.165, 1.54) is 0 Å². The molecular formula is C17H16Cl2N4OS. The molecule has 0 spiro atoms. The lowest BCUT2D eigenvalue weighted by Gasteiger charge is -2.09. The third-order valence-electron chi connectivity index (χ3n) is 3.88. The minimum absolute atomic E-state index is 0.479. The number of hydrogen-bond donors (Lipinski definition) is 2. The van der Waals surface area contributed by atoms with Crippen molar-refractivity contribution in [2.45, 2.75) is 25.8 Å². The molecular weight excluding hydrogens is 379 g/mol. The average molecular weight is 395 g/mol. The second-order valence-corrected chi connectivity index (χ2v) is 7.71. The van der Waals surface area contributed by atoms with Crippen molar-refractivity contribution >= 4 is 63.2 Å². The van der Waals surface area contributed by atoms with E-state index < -0.39 is 0 Å². The van der Waals surface area contributed by atoms with Crippen molar-refractivity contribution in [1.29, 1.82) is 0 Å². The number of carbonyl (C=O) groups is 1. The van der Waals surface area contributed by atoms with E-state index in [0.717, 1.165) is 44.9 Å². The second kappa shape index (κ2) is 7.15. The van der Waals surface area contributed by atoms with Gasteiger partial charge in [0.25, 0.3) is 0 Å². The number of nitrogens with two attached hydrogens (primary N) is 1. The minimum Gasteiger partial charge on any atom is -0.397 e. The van der Waals surface area contributed by atoms with E-state index in [-0.39, 0.29) is 0 Å². The molecule has 3 aromatic rings. The van der Waals surface area contributed by atoms with Crippen LogP contribution in [0.5, 0.6) is 0 Å². The molecule has 3 N–H and O–H groups in total. The van der Waals surface area contributed by atoms with Gasteiger partial charge in [0, 0.05) is 16.5 Å². The summed E-state index contributed by atoms with van der Waals surface area (Å²) in [6.07, 6.45) is 2.32. The molecule has 1 saturated carbocycles. The van der Waals surface area contributed by atoms with Gasteiger partial charge in [-0.15, -0.1) is 11.3 Å². The molecule has 4 rings (SSSR count). The lowest BCUT2D eigenvalue weighted by atomic mass is 10.1. The molecule has 2 aromatic heterocycles. The molecule has 8 heteroatoms. The highest BCUT2D eigenvalue weighted by Crippen LogP contribution is 2.40. The zero-order chi connectivity index (χ0) is 18.1. The van der Waals surface area contributed by atoms with Crippen LogP contribution in [0, 0.1) is 6.92 Å². The topological polar surface area (TPSA) is 80.9 Å². The maximum atomic E-state index is 8.00. The molecule has 5 nitrogen and oxygen atoms in total. The number of rotatable bonds is 3. The molecule has 0 aliphatic heterocycles. The van der Waals surface area contributed by atoms with Gasteiger partial charge >= 0.3 is 0 Å². The summed E-state index contributed by atoms with van der Waals surface area (Å²) in [5, 5.41) is 5.26. The Balaban J connectivity index is 0.000000880. The van der Waals surface area contributed by atoms with Crippen molar-refractivity contribution < 1.29 is 4.79 Å². The summed E-state index contributed by atoms with van der Waals surface area (Å²) in [4.78, 5) is 19.2. The highest BCUT2D eigenvalue weighted by atomic mass is 35.5. The summed E-state index contributed by atoms with van der Waals surface area (Å²) in [5.41, 5.74) is 8.66. The van der Waals surface area contributed by atoms with Gasteiger partial charge in [-0.25, -0.2) is 9.97 Å². The largest absolute Gasteiger partial charge is 0.397 e. The van der Waals surface area contributed by atoms with Crippen LogP contribution in [0.15, 0.2) is 18.2 Å². The zero-order valence-electron chi connectivity index (χ0n) is 13.5. The maximum Gasteiger partial charge on any atom is 0.224 e. The first-order valence-corrected chi connectivity index (χ1v) is 9.17. The van der Waals surface area contributed by atoms with Gasteiger partial charge in [0.15, 0.2) is 0 Å². The predicted octanol–water partition coefficient (Wildman–Crippen LogP) is 4.95. The monoisotopic (exact) mass is 394 g/mol. The highest BCUT2D eigenvalue weighted by Gasteiger charge is 2.24. The predicted molar refractivity (Wildman–Crippen MR) is 106 cm³/mol. The van der Waals surface area contributed by atoms with Crippen LogP contribution in [0.2, 0.25) is 10.0 Å². The number of benzene rings is 1. The van der Waals surface area contributed by atoms with E-state index >= 15 is 0 Å². The average Bonchev–Trinajstić information content (AvgIpc) is 3.37. The molecule has 0 amide bonds. The lowest BCUT2D eigenvalue weighted by molar-refractivity contribution is -0.0979. The zero-order valence-corrected chi connectivity index (χ0v) is 15.8. The van der Waals surface area contributed by atoms with E-state index in [2.05, 4.69) is 10.3 Å². The Kier molecular flexibility index (Phi) is 5.13. The van der Waals surface area contributed by atoms with E-state index in [1.54, 1.807) is 17.4 Å². The van der Waals surface area contributed by atoms with Gasteiger partial charge < -0.3 is 15.8 Å². The summed E-state index contributed by atoms with van der Waals surface area (Å²) >= 11 is 13.8. The number of carbonyl (C=O) groups excluding carboxylic acids is 1. The fourth-order valence-electron chi connectivity index (χ4n) is 2.46. The van der Waals surface area contributed by atoms with Crippen LogP contribution in [0.25, 0.3) is 21.5 Å². The molecule has 1 fully saturated rings. The Hall–Kier alpha value is -1.89. The van der Waals surface area contributed by atoms with E-state index in [1.807, 2.05) is 25.8 Å². The number of halogens is 2. The van der Waals surface area contributed by atoms with Crippen LogP contribution in [0.4, 0.5) is 11.6 Å². The normalized spacial score (nSPS) is 13.4. The second-order valence-electron chi connectivity index (χ2n) is 5.70. The molecule has 1 aliphatic rings. The Morgan fingerprint density at radius 3 is 2.60 bits per heavy atom. The number of thiophene rings is 1. The molecule has 0 radical (unpaired) electrons. The third-order valence-corrected chi connectivity index (χ3v) is 5.63. The number of nitrogens with zero attached hydrogens (tertiary/aromatic N) is 2. The Labute approximate surface area is 159 Å². The molecule has 0 unspecified atom stereocenters. The molecule has 1 aliphatic carbocycles. The van der Waals surface area contributed by atoms with Gasteiger partial charge in [-0.1, -0.05) is 29.3 Å². The number of nitrogens with one attached hydrogen (secondary N) is 1. The highest BCUT2D eigenvalue weighted by molar-refractivity contribution is 7.19. The van der Waals surface area contributed by atoms with Gasteiger partial charge in [-0.2, -0.15) is 0 Å².